The molecule has 2 rings (SSSR count). The van der Waals surface area contributed by atoms with E-state index in [-0.39, 0.29) is 36.3 Å². The van der Waals surface area contributed by atoms with Gasteiger partial charge in [0.05, 0.1) is 4.90 Å². The fraction of sp³-hybridized carbons (Fsp3) is 0.278. The number of sulfonamides is 1. The number of carbonyl (C=O) groups excluding carboxylic acids is 1. The van der Waals surface area contributed by atoms with Crippen LogP contribution in [-0.4, -0.2) is 27.4 Å². The van der Waals surface area contributed by atoms with Crippen molar-refractivity contribution in [2.24, 2.45) is 5.73 Å². The third-order valence-electron chi connectivity index (χ3n) is 3.63. The maximum Gasteiger partial charge on any atom is 0.240 e. The summed E-state index contributed by atoms with van der Waals surface area (Å²) in [7, 11) is -3.62. The Kier molecular flexibility index (Phi) is 8.74. The zero-order valence-corrected chi connectivity index (χ0v) is 16.2. The number of anilines is 1. The summed E-state index contributed by atoms with van der Waals surface area (Å²) in [5.41, 5.74) is 8.03. The first-order chi connectivity index (χ1) is 11.9. The van der Waals surface area contributed by atoms with Crippen LogP contribution < -0.4 is 15.8 Å². The monoisotopic (exact) mass is 397 g/mol. The molecule has 142 valence electrons. The highest BCUT2D eigenvalue weighted by atomic mass is 35.5. The van der Waals surface area contributed by atoms with E-state index in [0.717, 1.165) is 5.56 Å². The Bertz CT molecular complexity index is 824. The minimum atomic E-state index is -3.62. The van der Waals surface area contributed by atoms with Crippen molar-refractivity contribution in [1.82, 2.24) is 4.72 Å². The van der Waals surface area contributed by atoms with Crippen molar-refractivity contribution < 1.29 is 13.2 Å². The maximum atomic E-state index is 12.1. The van der Waals surface area contributed by atoms with Crippen molar-refractivity contribution in [3.8, 4) is 0 Å². The van der Waals surface area contributed by atoms with Gasteiger partial charge in [-0.3, -0.25) is 4.79 Å². The Morgan fingerprint density at radius 1 is 1.12 bits per heavy atom. The van der Waals surface area contributed by atoms with E-state index in [2.05, 4.69) is 10.0 Å². The van der Waals surface area contributed by atoms with Crippen molar-refractivity contribution in [3.63, 3.8) is 0 Å². The molecular formula is C18H24ClN3O3S. The number of hydrogen-bond donors (Lipinski definition) is 3. The van der Waals surface area contributed by atoms with E-state index in [4.69, 9.17) is 5.73 Å². The smallest absolute Gasteiger partial charge is 0.240 e. The van der Waals surface area contributed by atoms with E-state index in [0.29, 0.717) is 18.5 Å². The molecule has 0 fully saturated rings. The number of carbonyl (C=O) groups is 1. The van der Waals surface area contributed by atoms with Crippen molar-refractivity contribution in [2.75, 3.05) is 18.4 Å². The summed E-state index contributed by atoms with van der Waals surface area (Å²) in [6.07, 6.45) is 0.952. The number of hydrogen-bond acceptors (Lipinski definition) is 4. The zero-order valence-electron chi connectivity index (χ0n) is 14.6. The molecule has 0 aliphatic heterocycles. The van der Waals surface area contributed by atoms with Crippen LogP contribution >= 0.6 is 12.4 Å². The van der Waals surface area contributed by atoms with Gasteiger partial charge in [-0.1, -0.05) is 35.9 Å². The lowest BCUT2D eigenvalue weighted by molar-refractivity contribution is -0.116. The summed E-state index contributed by atoms with van der Waals surface area (Å²) in [6, 6.07) is 14.2. The van der Waals surface area contributed by atoms with Crippen LogP contribution in [0.15, 0.2) is 53.4 Å². The summed E-state index contributed by atoms with van der Waals surface area (Å²) in [6.45, 7) is 2.39. The average molecular weight is 398 g/mol. The van der Waals surface area contributed by atoms with Crippen LogP contribution in [0.4, 0.5) is 5.69 Å². The average Bonchev–Trinajstić information content (AvgIpc) is 2.60. The molecule has 0 spiro atoms. The van der Waals surface area contributed by atoms with Crippen LogP contribution in [0.1, 0.15) is 17.5 Å². The van der Waals surface area contributed by atoms with Gasteiger partial charge in [0.2, 0.25) is 15.9 Å². The molecule has 0 aliphatic carbocycles. The molecule has 0 aromatic heterocycles. The molecule has 2 aromatic rings. The topological polar surface area (TPSA) is 101 Å². The van der Waals surface area contributed by atoms with Gasteiger partial charge in [-0.15, -0.1) is 12.4 Å². The predicted molar refractivity (Wildman–Crippen MR) is 106 cm³/mol. The molecular weight excluding hydrogens is 374 g/mol. The molecule has 6 nitrogen and oxygen atoms in total. The van der Waals surface area contributed by atoms with E-state index >= 15 is 0 Å². The lowest BCUT2D eigenvalue weighted by Crippen LogP contribution is -2.29. The van der Waals surface area contributed by atoms with Gasteiger partial charge < -0.3 is 11.1 Å². The van der Waals surface area contributed by atoms with Gasteiger partial charge in [0.1, 0.15) is 0 Å². The van der Waals surface area contributed by atoms with Gasteiger partial charge >= 0.3 is 0 Å². The molecule has 0 unspecified atom stereocenters. The second-order valence-corrected chi connectivity index (χ2v) is 7.52. The molecule has 0 radical (unpaired) electrons. The molecule has 0 heterocycles. The minimum absolute atomic E-state index is 0. The van der Waals surface area contributed by atoms with E-state index in [1.165, 1.54) is 17.7 Å². The largest absolute Gasteiger partial charge is 0.329 e. The van der Waals surface area contributed by atoms with Gasteiger partial charge in [0.15, 0.2) is 0 Å². The van der Waals surface area contributed by atoms with E-state index < -0.39 is 10.0 Å². The van der Waals surface area contributed by atoms with E-state index in [1.54, 1.807) is 12.1 Å². The Morgan fingerprint density at radius 2 is 1.81 bits per heavy atom. The number of nitrogens with two attached hydrogens (primary N) is 1. The van der Waals surface area contributed by atoms with Gasteiger partial charge in [-0.25, -0.2) is 13.1 Å². The van der Waals surface area contributed by atoms with Gasteiger partial charge in [-0.2, -0.15) is 0 Å². The van der Waals surface area contributed by atoms with Crippen molar-refractivity contribution in [3.05, 3.63) is 59.7 Å². The van der Waals surface area contributed by atoms with Gasteiger partial charge in [0, 0.05) is 25.2 Å². The predicted octanol–water partition coefficient (Wildman–Crippen LogP) is 2.23. The highest BCUT2D eigenvalue weighted by molar-refractivity contribution is 7.89. The number of benzene rings is 2. The van der Waals surface area contributed by atoms with Gasteiger partial charge in [-0.05, 0) is 37.1 Å². The molecule has 0 saturated carbocycles. The van der Waals surface area contributed by atoms with Crippen LogP contribution in [0.25, 0.3) is 0 Å². The SMILES string of the molecule is Cc1ccc(CCC(=O)Nc2cccc(S(=O)(=O)NCCN)c2)cc1.Cl. The summed E-state index contributed by atoms with van der Waals surface area (Å²) < 4.78 is 26.6. The Morgan fingerprint density at radius 3 is 2.46 bits per heavy atom. The van der Waals surface area contributed by atoms with Crippen LogP contribution in [0.5, 0.6) is 0 Å². The summed E-state index contributed by atoms with van der Waals surface area (Å²) in [5.74, 6) is -0.162. The molecule has 0 aliphatic rings. The summed E-state index contributed by atoms with van der Waals surface area (Å²) >= 11 is 0. The third-order valence-corrected chi connectivity index (χ3v) is 5.08. The minimum Gasteiger partial charge on any atom is -0.329 e. The standard InChI is InChI=1S/C18H23N3O3S.ClH/c1-14-5-7-15(8-6-14)9-10-18(22)21-16-3-2-4-17(13-16)25(23,24)20-12-11-19;/h2-8,13,20H,9-12,19H2,1H3,(H,21,22);1H. The maximum absolute atomic E-state index is 12.1. The normalized spacial score (nSPS) is 10.8. The quantitative estimate of drug-likeness (QED) is 0.635. The highest BCUT2D eigenvalue weighted by Gasteiger charge is 2.14. The van der Waals surface area contributed by atoms with Crippen LogP contribution in [0, 0.1) is 6.92 Å². The van der Waals surface area contributed by atoms with Crippen molar-refractivity contribution >= 4 is 34.0 Å². The van der Waals surface area contributed by atoms with Crippen LogP contribution in [-0.2, 0) is 21.2 Å². The Balaban J connectivity index is 0.00000338. The van der Waals surface area contributed by atoms with Crippen molar-refractivity contribution in [2.45, 2.75) is 24.7 Å². The highest BCUT2D eigenvalue weighted by Crippen LogP contribution is 2.16. The molecule has 0 saturated heterocycles. The van der Waals surface area contributed by atoms with Crippen LogP contribution in [0.3, 0.4) is 0 Å². The Labute approximate surface area is 160 Å². The molecule has 26 heavy (non-hydrogen) atoms. The summed E-state index contributed by atoms with van der Waals surface area (Å²) in [5, 5.41) is 2.74. The number of nitrogens with one attached hydrogen (secondary N) is 2. The van der Waals surface area contributed by atoms with Crippen molar-refractivity contribution in [1.29, 1.82) is 0 Å². The van der Waals surface area contributed by atoms with Gasteiger partial charge in [0.25, 0.3) is 0 Å². The number of aryl methyl sites for hydroxylation is 2. The first-order valence-corrected chi connectivity index (χ1v) is 9.54. The van der Waals surface area contributed by atoms with Crippen LogP contribution in [0.2, 0.25) is 0 Å². The molecule has 1 amide bonds. The zero-order chi connectivity index (χ0) is 18.3. The van der Waals surface area contributed by atoms with E-state index in [1.807, 2.05) is 31.2 Å². The number of amides is 1. The second kappa shape index (κ2) is 10.3. The fourth-order valence-electron chi connectivity index (χ4n) is 2.25. The molecule has 4 N–H and O–H groups in total. The first-order valence-electron chi connectivity index (χ1n) is 8.06. The third kappa shape index (κ3) is 6.76. The van der Waals surface area contributed by atoms with E-state index in [9.17, 15) is 13.2 Å². The molecule has 2 aromatic carbocycles. The number of rotatable bonds is 8. The molecule has 0 atom stereocenters. The molecule has 0 bridgehead atoms. The fourth-order valence-corrected chi connectivity index (χ4v) is 3.35. The molecule has 8 heteroatoms. The Hall–Kier alpha value is -1.93. The number of halogens is 1. The second-order valence-electron chi connectivity index (χ2n) is 5.75. The first kappa shape index (κ1) is 22.1. The lowest BCUT2D eigenvalue weighted by Gasteiger charge is -2.09. The lowest BCUT2D eigenvalue weighted by atomic mass is 10.1. The summed E-state index contributed by atoms with van der Waals surface area (Å²) in [4.78, 5) is 12.2.